The van der Waals surface area contributed by atoms with Gasteiger partial charge in [-0.05, 0) is 19.3 Å². The fourth-order valence-corrected chi connectivity index (χ4v) is 1.83. The van der Waals surface area contributed by atoms with Crippen LogP contribution >= 0.6 is 0 Å². The van der Waals surface area contributed by atoms with Gasteiger partial charge >= 0.3 is 0 Å². The summed E-state index contributed by atoms with van der Waals surface area (Å²) in [6.07, 6.45) is 6.89. The maximum atomic E-state index is 12.9. The van der Waals surface area contributed by atoms with Crippen molar-refractivity contribution >= 4 is 11.6 Å². The molecule has 0 saturated heterocycles. The number of carbonyl (C=O) groups is 1. The molecule has 0 spiro atoms. The minimum absolute atomic E-state index is 0.191. The molecule has 1 fully saturated rings. The van der Waals surface area contributed by atoms with Crippen LogP contribution in [0.4, 0.5) is 4.39 Å². The number of rotatable bonds is 2. The minimum atomic E-state index is -0.480. The van der Waals surface area contributed by atoms with E-state index in [0.717, 1.165) is 25.5 Å². The Morgan fingerprint density at radius 1 is 1.47 bits per heavy atom. The lowest BCUT2D eigenvalue weighted by Gasteiger charge is -2.26. The molecule has 2 aromatic heterocycles. The first-order valence-electron chi connectivity index (χ1n) is 5.54. The number of nitrogens with one attached hydrogen (secondary N) is 1. The van der Waals surface area contributed by atoms with Crippen molar-refractivity contribution in [1.82, 2.24) is 19.9 Å². The fourth-order valence-electron chi connectivity index (χ4n) is 1.83. The number of halogens is 1. The van der Waals surface area contributed by atoms with Crippen molar-refractivity contribution in [2.45, 2.75) is 25.3 Å². The van der Waals surface area contributed by atoms with Crippen LogP contribution in [0.3, 0.4) is 0 Å². The SMILES string of the molecule is O=C(NC1CCC1)c1cnn2cc(F)cnc12. The van der Waals surface area contributed by atoms with Crippen LogP contribution in [0.5, 0.6) is 0 Å². The molecular weight excluding hydrogens is 223 g/mol. The average Bonchev–Trinajstić information content (AvgIpc) is 2.66. The zero-order valence-corrected chi connectivity index (χ0v) is 9.06. The number of hydrogen-bond donors (Lipinski definition) is 1. The predicted octanol–water partition coefficient (Wildman–Crippen LogP) is 1.15. The average molecular weight is 234 g/mol. The van der Waals surface area contributed by atoms with E-state index in [1.54, 1.807) is 0 Å². The second-order valence-electron chi connectivity index (χ2n) is 4.20. The van der Waals surface area contributed by atoms with Gasteiger partial charge in [-0.3, -0.25) is 4.79 Å². The lowest BCUT2D eigenvalue weighted by atomic mass is 9.93. The standard InChI is InChI=1S/C11H11FN4O/c12-7-4-13-10-9(5-14-16(10)6-7)11(17)15-8-2-1-3-8/h4-6,8H,1-3H2,(H,15,17). The molecule has 1 aliphatic rings. The van der Waals surface area contributed by atoms with E-state index < -0.39 is 5.82 Å². The molecule has 1 aliphatic carbocycles. The molecule has 3 rings (SSSR count). The Morgan fingerprint density at radius 2 is 2.29 bits per heavy atom. The van der Waals surface area contributed by atoms with Crippen LogP contribution in [0.15, 0.2) is 18.6 Å². The van der Waals surface area contributed by atoms with Gasteiger partial charge in [-0.25, -0.2) is 13.9 Å². The van der Waals surface area contributed by atoms with Crippen molar-refractivity contribution in [3.05, 3.63) is 30.0 Å². The first-order valence-corrected chi connectivity index (χ1v) is 5.54. The van der Waals surface area contributed by atoms with Crippen LogP contribution in [0.1, 0.15) is 29.6 Å². The summed E-state index contributed by atoms with van der Waals surface area (Å²) in [7, 11) is 0. The molecule has 5 nitrogen and oxygen atoms in total. The Balaban J connectivity index is 1.91. The van der Waals surface area contributed by atoms with Gasteiger partial charge in [0.1, 0.15) is 5.56 Å². The molecule has 17 heavy (non-hydrogen) atoms. The van der Waals surface area contributed by atoms with Crippen molar-refractivity contribution in [2.24, 2.45) is 0 Å². The monoisotopic (exact) mass is 234 g/mol. The van der Waals surface area contributed by atoms with Gasteiger partial charge < -0.3 is 5.32 Å². The normalized spacial score (nSPS) is 15.8. The van der Waals surface area contributed by atoms with Crippen molar-refractivity contribution in [1.29, 1.82) is 0 Å². The fraction of sp³-hybridized carbons (Fsp3) is 0.364. The van der Waals surface area contributed by atoms with E-state index in [0.29, 0.717) is 11.2 Å². The van der Waals surface area contributed by atoms with E-state index in [-0.39, 0.29) is 11.9 Å². The Labute approximate surface area is 96.7 Å². The summed E-state index contributed by atoms with van der Waals surface area (Å²) < 4.78 is 14.2. The van der Waals surface area contributed by atoms with Crippen LogP contribution in [-0.4, -0.2) is 26.5 Å². The first-order chi connectivity index (χ1) is 8.24. The third-order valence-corrected chi connectivity index (χ3v) is 3.01. The van der Waals surface area contributed by atoms with Crippen LogP contribution < -0.4 is 5.32 Å². The number of hydrogen-bond acceptors (Lipinski definition) is 3. The van der Waals surface area contributed by atoms with Crippen molar-refractivity contribution < 1.29 is 9.18 Å². The van der Waals surface area contributed by atoms with Crippen molar-refractivity contribution in [3.8, 4) is 0 Å². The molecule has 0 unspecified atom stereocenters. The summed E-state index contributed by atoms with van der Waals surface area (Å²) in [5.74, 6) is -0.671. The molecule has 1 amide bonds. The molecule has 1 saturated carbocycles. The molecule has 2 aromatic rings. The van der Waals surface area contributed by atoms with Gasteiger partial charge in [0.05, 0.1) is 18.6 Å². The minimum Gasteiger partial charge on any atom is -0.349 e. The van der Waals surface area contributed by atoms with E-state index in [1.807, 2.05) is 0 Å². The largest absolute Gasteiger partial charge is 0.349 e. The Bertz CT molecular complexity index is 576. The highest BCUT2D eigenvalue weighted by molar-refractivity contribution is 5.99. The van der Waals surface area contributed by atoms with Crippen LogP contribution in [-0.2, 0) is 0 Å². The van der Waals surface area contributed by atoms with Gasteiger partial charge in [-0.2, -0.15) is 5.10 Å². The third kappa shape index (κ3) is 1.75. The predicted molar refractivity (Wildman–Crippen MR) is 58.1 cm³/mol. The Kier molecular flexibility index (Phi) is 2.28. The second kappa shape index (κ2) is 3.80. The summed E-state index contributed by atoms with van der Waals surface area (Å²) in [5.41, 5.74) is 0.764. The Morgan fingerprint density at radius 3 is 3.00 bits per heavy atom. The molecular formula is C11H11FN4O. The van der Waals surface area contributed by atoms with Crippen molar-refractivity contribution in [3.63, 3.8) is 0 Å². The number of nitrogens with zero attached hydrogens (tertiary/aromatic N) is 3. The zero-order chi connectivity index (χ0) is 11.8. The summed E-state index contributed by atoms with van der Waals surface area (Å²) in [6, 6.07) is 0.262. The van der Waals surface area contributed by atoms with Crippen LogP contribution in [0, 0.1) is 5.82 Å². The summed E-state index contributed by atoms with van der Waals surface area (Å²) >= 11 is 0. The lowest BCUT2D eigenvalue weighted by molar-refractivity contribution is 0.0918. The highest BCUT2D eigenvalue weighted by Gasteiger charge is 2.22. The van der Waals surface area contributed by atoms with Gasteiger partial charge in [0.15, 0.2) is 11.5 Å². The van der Waals surface area contributed by atoms with Gasteiger partial charge in [0, 0.05) is 6.04 Å². The summed E-state index contributed by atoms with van der Waals surface area (Å²) in [4.78, 5) is 15.8. The van der Waals surface area contributed by atoms with Crippen LogP contribution in [0.25, 0.3) is 5.65 Å². The molecule has 2 heterocycles. The van der Waals surface area contributed by atoms with E-state index in [9.17, 15) is 9.18 Å². The van der Waals surface area contributed by atoms with Crippen LogP contribution in [0.2, 0.25) is 0 Å². The van der Waals surface area contributed by atoms with E-state index in [1.165, 1.54) is 16.9 Å². The topological polar surface area (TPSA) is 59.3 Å². The second-order valence-corrected chi connectivity index (χ2v) is 4.20. The number of carbonyl (C=O) groups excluding carboxylic acids is 1. The molecule has 0 aromatic carbocycles. The number of aromatic nitrogens is 3. The molecule has 1 N–H and O–H groups in total. The molecule has 88 valence electrons. The van der Waals surface area contributed by atoms with E-state index in [2.05, 4.69) is 15.4 Å². The van der Waals surface area contributed by atoms with Gasteiger partial charge in [-0.1, -0.05) is 0 Å². The summed E-state index contributed by atoms with van der Waals surface area (Å²) in [6.45, 7) is 0. The maximum Gasteiger partial charge on any atom is 0.256 e. The highest BCUT2D eigenvalue weighted by Crippen LogP contribution is 2.19. The molecule has 0 bridgehead atoms. The molecule has 0 atom stereocenters. The van der Waals surface area contributed by atoms with Gasteiger partial charge in [-0.15, -0.1) is 0 Å². The molecule has 0 aliphatic heterocycles. The lowest BCUT2D eigenvalue weighted by Crippen LogP contribution is -2.39. The smallest absolute Gasteiger partial charge is 0.256 e. The number of amides is 1. The highest BCUT2D eigenvalue weighted by atomic mass is 19.1. The molecule has 0 radical (unpaired) electrons. The molecule has 6 heteroatoms. The number of fused-ring (bicyclic) bond motifs is 1. The third-order valence-electron chi connectivity index (χ3n) is 3.01. The van der Waals surface area contributed by atoms with Crippen molar-refractivity contribution in [2.75, 3.05) is 0 Å². The quantitative estimate of drug-likeness (QED) is 0.848. The van der Waals surface area contributed by atoms with E-state index >= 15 is 0 Å². The van der Waals surface area contributed by atoms with Gasteiger partial charge in [0.2, 0.25) is 0 Å². The summed E-state index contributed by atoms with van der Waals surface area (Å²) in [5, 5.41) is 6.80. The maximum absolute atomic E-state index is 12.9. The Hall–Kier alpha value is -1.98. The van der Waals surface area contributed by atoms with Gasteiger partial charge in [0.25, 0.3) is 5.91 Å². The zero-order valence-electron chi connectivity index (χ0n) is 9.06. The van der Waals surface area contributed by atoms with E-state index in [4.69, 9.17) is 0 Å². The first kappa shape index (κ1) is 10.2.